The Morgan fingerprint density at radius 2 is 2.03 bits per heavy atom. The molecular weight excluding hydrogens is 519 g/mol. The van der Waals surface area contributed by atoms with Gasteiger partial charge in [-0.25, -0.2) is 14.2 Å². The summed E-state index contributed by atoms with van der Waals surface area (Å²) in [5, 5.41) is 3.88. The lowest BCUT2D eigenvalue weighted by atomic mass is 9.89. The predicted molar refractivity (Wildman–Crippen MR) is 147 cm³/mol. The first kappa shape index (κ1) is 25.1. The predicted octanol–water partition coefficient (Wildman–Crippen LogP) is 5.64. The lowest BCUT2D eigenvalue weighted by molar-refractivity contribution is 0.175. The van der Waals surface area contributed by atoms with Gasteiger partial charge in [-0.15, -0.1) is 11.8 Å². The fraction of sp³-hybridized carbons (Fsp3) is 0.207. The molecule has 198 valence electrons. The van der Waals surface area contributed by atoms with Crippen molar-refractivity contribution in [3.05, 3.63) is 105 Å². The number of H-pyrrole nitrogens is 1. The van der Waals surface area contributed by atoms with Crippen LogP contribution >= 0.6 is 11.8 Å². The minimum absolute atomic E-state index is 0.248. The van der Waals surface area contributed by atoms with Crippen molar-refractivity contribution >= 4 is 33.9 Å². The van der Waals surface area contributed by atoms with E-state index >= 15 is 0 Å². The van der Waals surface area contributed by atoms with Crippen molar-refractivity contribution in [1.29, 1.82) is 0 Å². The summed E-state index contributed by atoms with van der Waals surface area (Å²) in [5.74, 6) is 0.527. The standard InChI is InChI=1S/C29H25FN4O4S/c1-16(28-32-29(35)38-33-28)26-20-9-7-17(11-18(20)14-37-23-12-19(30)8-10-21(23)26)13-34-22-5-4-6-24(39-3)27(22)31-25(34)15-36-2/h4-12H,13-15H2,1-3H3,(H,32,33,35). The third-order valence-corrected chi connectivity index (χ3v) is 7.63. The smallest absolute Gasteiger partial charge is 0.439 e. The van der Waals surface area contributed by atoms with Crippen molar-refractivity contribution in [2.24, 2.45) is 0 Å². The number of nitrogens with one attached hydrogen (secondary N) is 1. The van der Waals surface area contributed by atoms with Crippen LogP contribution in [-0.2, 0) is 24.5 Å². The highest BCUT2D eigenvalue weighted by molar-refractivity contribution is 7.98. The van der Waals surface area contributed by atoms with Gasteiger partial charge in [0.05, 0.1) is 5.52 Å². The molecule has 0 saturated carbocycles. The molecule has 1 aliphatic rings. The van der Waals surface area contributed by atoms with E-state index in [-0.39, 0.29) is 6.61 Å². The van der Waals surface area contributed by atoms with Crippen LogP contribution in [0.1, 0.15) is 40.8 Å². The molecular formula is C29H25FN4O4S. The summed E-state index contributed by atoms with van der Waals surface area (Å²) < 4.78 is 32.7. The molecule has 0 unspecified atom stereocenters. The van der Waals surface area contributed by atoms with Gasteiger partial charge in [0.1, 0.15) is 36.1 Å². The Balaban J connectivity index is 1.48. The zero-order chi connectivity index (χ0) is 27.1. The SMILES string of the molecule is COCc1nc2c(SC)cccc2n1Cc1ccc2c(c1)COc1cc(F)ccc1C2=C(C)c1noc(=O)[nH]1. The maximum absolute atomic E-state index is 14.2. The quantitative estimate of drug-likeness (QED) is 0.277. The highest BCUT2D eigenvalue weighted by Gasteiger charge is 2.24. The maximum atomic E-state index is 14.2. The van der Waals surface area contributed by atoms with Gasteiger partial charge in [-0.05, 0) is 65.8 Å². The Bertz CT molecular complexity index is 1800. The van der Waals surface area contributed by atoms with Gasteiger partial charge in [0.25, 0.3) is 0 Å². The number of ether oxygens (including phenoxy) is 2. The zero-order valence-corrected chi connectivity index (χ0v) is 22.4. The molecule has 5 aromatic rings. The van der Waals surface area contributed by atoms with Crippen LogP contribution in [0.25, 0.3) is 22.2 Å². The second-order valence-electron chi connectivity index (χ2n) is 9.24. The molecule has 1 aliphatic heterocycles. The number of thioether (sulfide) groups is 1. The highest BCUT2D eigenvalue weighted by atomic mass is 32.2. The number of hydrogen-bond acceptors (Lipinski definition) is 7. The number of imidazole rings is 1. The van der Waals surface area contributed by atoms with Crippen molar-refractivity contribution in [3.63, 3.8) is 0 Å². The largest absolute Gasteiger partial charge is 0.488 e. The molecule has 0 fully saturated rings. The van der Waals surface area contributed by atoms with E-state index in [4.69, 9.17) is 19.0 Å². The first-order valence-electron chi connectivity index (χ1n) is 12.3. The number of benzene rings is 3. The van der Waals surface area contributed by atoms with E-state index in [9.17, 15) is 9.18 Å². The van der Waals surface area contributed by atoms with Gasteiger partial charge in [0.2, 0.25) is 0 Å². The number of fused-ring (bicyclic) bond motifs is 3. The molecule has 10 heteroatoms. The van der Waals surface area contributed by atoms with E-state index in [1.165, 1.54) is 12.1 Å². The Kier molecular flexibility index (Phi) is 6.58. The van der Waals surface area contributed by atoms with Crippen LogP contribution in [0.4, 0.5) is 4.39 Å². The zero-order valence-electron chi connectivity index (χ0n) is 21.6. The molecule has 6 rings (SSSR count). The average Bonchev–Trinajstić information content (AvgIpc) is 3.48. The number of methoxy groups -OCH3 is 1. The van der Waals surface area contributed by atoms with E-state index in [1.54, 1.807) is 24.9 Å². The number of nitrogens with zero attached hydrogens (tertiary/aromatic N) is 3. The molecule has 3 heterocycles. The number of aromatic amines is 1. The van der Waals surface area contributed by atoms with E-state index in [2.05, 4.69) is 39.0 Å². The summed E-state index contributed by atoms with van der Waals surface area (Å²) in [4.78, 5) is 20.3. The van der Waals surface area contributed by atoms with Crippen molar-refractivity contribution < 1.29 is 18.4 Å². The molecule has 39 heavy (non-hydrogen) atoms. The number of rotatable bonds is 6. The van der Waals surface area contributed by atoms with Gasteiger partial charge < -0.3 is 14.0 Å². The number of hydrogen-bond donors (Lipinski definition) is 1. The Labute approximate surface area is 227 Å². The summed E-state index contributed by atoms with van der Waals surface area (Å²) in [5.41, 5.74) is 7.04. The van der Waals surface area contributed by atoms with Crippen molar-refractivity contribution in [3.8, 4) is 5.75 Å². The summed E-state index contributed by atoms with van der Waals surface area (Å²) >= 11 is 1.66. The second-order valence-corrected chi connectivity index (χ2v) is 10.1. The number of para-hydroxylation sites is 1. The molecule has 0 atom stereocenters. The fourth-order valence-electron chi connectivity index (χ4n) is 5.08. The van der Waals surface area contributed by atoms with E-state index in [1.807, 2.05) is 25.3 Å². The van der Waals surface area contributed by atoms with Crippen LogP contribution in [0.3, 0.4) is 0 Å². The van der Waals surface area contributed by atoms with Crippen molar-refractivity contribution in [2.75, 3.05) is 13.4 Å². The highest BCUT2D eigenvalue weighted by Crippen LogP contribution is 2.41. The first-order chi connectivity index (χ1) is 19.0. The number of halogens is 1. The molecule has 0 radical (unpaired) electrons. The first-order valence-corrected chi connectivity index (χ1v) is 13.5. The summed E-state index contributed by atoms with van der Waals surface area (Å²) in [7, 11) is 1.66. The summed E-state index contributed by atoms with van der Waals surface area (Å²) in [6.45, 7) is 3.06. The maximum Gasteiger partial charge on any atom is 0.439 e. The van der Waals surface area contributed by atoms with Crippen molar-refractivity contribution in [1.82, 2.24) is 19.7 Å². The average molecular weight is 545 g/mol. The Morgan fingerprint density at radius 1 is 1.18 bits per heavy atom. The molecule has 3 aromatic carbocycles. The lowest BCUT2D eigenvalue weighted by Crippen LogP contribution is -2.07. The fourth-order valence-corrected chi connectivity index (χ4v) is 5.64. The molecule has 1 N–H and O–H groups in total. The van der Waals surface area contributed by atoms with Gasteiger partial charge in [-0.1, -0.05) is 23.4 Å². The molecule has 0 aliphatic carbocycles. The van der Waals surface area contributed by atoms with E-state index in [0.29, 0.717) is 35.9 Å². The summed E-state index contributed by atoms with van der Waals surface area (Å²) in [6.07, 6.45) is 2.04. The number of aromatic nitrogens is 4. The molecule has 0 saturated heterocycles. The third kappa shape index (κ3) is 4.55. The van der Waals surface area contributed by atoms with E-state index in [0.717, 1.165) is 44.0 Å². The minimum atomic E-state index is -0.645. The molecule has 0 spiro atoms. The van der Waals surface area contributed by atoms with Crippen LogP contribution in [0.15, 0.2) is 68.8 Å². The minimum Gasteiger partial charge on any atom is -0.488 e. The van der Waals surface area contributed by atoms with Gasteiger partial charge in [0.15, 0.2) is 5.82 Å². The normalized spacial score (nSPS) is 14.1. The Morgan fingerprint density at radius 3 is 2.79 bits per heavy atom. The van der Waals surface area contributed by atoms with Gasteiger partial charge >= 0.3 is 5.76 Å². The molecule has 2 aromatic heterocycles. The number of allylic oxidation sites excluding steroid dienone is 1. The third-order valence-electron chi connectivity index (χ3n) is 6.86. The Hall–Kier alpha value is -4.15. The van der Waals surface area contributed by atoms with Gasteiger partial charge in [-0.2, -0.15) is 0 Å². The molecule has 0 bridgehead atoms. The second kappa shape index (κ2) is 10.2. The van der Waals surface area contributed by atoms with Crippen molar-refractivity contribution in [2.45, 2.75) is 31.6 Å². The van der Waals surface area contributed by atoms with Crippen LogP contribution < -0.4 is 10.5 Å². The van der Waals surface area contributed by atoms with Crippen LogP contribution in [0.2, 0.25) is 0 Å². The van der Waals surface area contributed by atoms with Crippen LogP contribution in [0, 0.1) is 5.82 Å². The molecule has 8 nitrogen and oxygen atoms in total. The monoisotopic (exact) mass is 544 g/mol. The van der Waals surface area contributed by atoms with Gasteiger partial charge in [-0.3, -0.25) is 9.51 Å². The lowest BCUT2D eigenvalue weighted by Gasteiger charge is -2.15. The van der Waals surface area contributed by atoms with Crippen LogP contribution in [-0.4, -0.2) is 33.1 Å². The van der Waals surface area contributed by atoms with Gasteiger partial charge in [0, 0.05) is 35.8 Å². The van der Waals surface area contributed by atoms with E-state index < -0.39 is 11.6 Å². The topological polar surface area (TPSA) is 95.2 Å². The molecule has 0 amide bonds. The summed E-state index contributed by atoms with van der Waals surface area (Å²) in [6, 6.07) is 16.8. The van der Waals surface area contributed by atoms with Crippen LogP contribution in [0.5, 0.6) is 5.75 Å².